The smallest absolute Gasteiger partial charge is 0.270 e. The Hall–Kier alpha value is -4.20. The Morgan fingerprint density at radius 2 is 1.66 bits per heavy atom. The van der Waals surface area contributed by atoms with Gasteiger partial charge >= 0.3 is 0 Å². The van der Waals surface area contributed by atoms with E-state index in [4.69, 9.17) is 4.74 Å². The van der Waals surface area contributed by atoms with Crippen LogP contribution in [0.1, 0.15) is 20.7 Å². The number of amides is 2. The van der Waals surface area contributed by atoms with E-state index in [9.17, 15) is 19.7 Å². The van der Waals surface area contributed by atoms with Gasteiger partial charge in [-0.15, -0.1) is 0 Å². The Morgan fingerprint density at radius 1 is 0.897 bits per heavy atom. The largest absolute Gasteiger partial charge is 0.497 e. The topological polar surface area (TPSA) is 111 Å². The maximum atomic E-state index is 12.7. The van der Waals surface area contributed by atoms with Crippen LogP contribution in [0.25, 0.3) is 0 Å². The molecule has 0 unspecified atom stereocenters. The zero-order valence-corrected chi connectivity index (χ0v) is 15.4. The van der Waals surface area contributed by atoms with Gasteiger partial charge in [0.1, 0.15) is 5.75 Å². The van der Waals surface area contributed by atoms with Crippen LogP contribution < -0.4 is 15.4 Å². The third kappa shape index (κ3) is 4.75. The molecule has 0 fully saturated rings. The molecule has 0 bridgehead atoms. The zero-order chi connectivity index (χ0) is 20.8. The van der Waals surface area contributed by atoms with Gasteiger partial charge in [-0.1, -0.05) is 24.3 Å². The average molecular weight is 391 g/mol. The monoisotopic (exact) mass is 391 g/mol. The molecular weight excluding hydrogens is 374 g/mol. The molecule has 0 aliphatic carbocycles. The molecule has 0 heterocycles. The third-order valence-electron chi connectivity index (χ3n) is 4.07. The quantitative estimate of drug-likeness (QED) is 0.485. The first kappa shape index (κ1) is 19.6. The highest BCUT2D eigenvalue weighted by atomic mass is 16.6. The van der Waals surface area contributed by atoms with Crippen LogP contribution in [0.5, 0.6) is 5.75 Å². The molecule has 8 heteroatoms. The molecule has 0 spiro atoms. The van der Waals surface area contributed by atoms with Gasteiger partial charge in [0.15, 0.2) is 0 Å². The van der Waals surface area contributed by atoms with Crippen molar-refractivity contribution in [3.8, 4) is 5.75 Å². The van der Waals surface area contributed by atoms with Crippen molar-refractivity contribution in [3.63, 3.8) is 0 Å². The highest BCUT2D eigenvalue weighted by molar-refractivity contribution is 6.12. The minimum atomic E-state index is -0.577. The first-order chi connectivity index (χ1) is 14.0. The lowest BCUT2D eigenvalue weighted by Gasteiger charge is -2.12. The minimum Gasteiger partial charge on any atom is -0.497 e. The lowest BCUT2D eigenvalue weighted by Crippen LogP contribution is -2.18. The van der Waals surface area contributed by atoms with Crippen molar-refractivity contribution >= 4 is 28.9 Å². The number of ether oxygens (including phenoxy) is 1. The Morgan fingerprint density at radius 3 is 2.41 bits per heavy atom. The number of anilines is 2. The normalized spacial score (nSPS) is 10.1. The van der Waals surface area contributed by atoms with Crippen LogP contribution in [0.15, 0.2) is 72.8 Å². The molecule has 29 heavy (non-hydrogen) atoms. The Labute approximate surface area is 166 Å². The highest BCUT2D eigenvalue weighted by Crippen LogP contribution is 2.21. The molecule has 3 aromatic carbocycles. The molecule has 0 radical (unpaired) electrons. The van der Waals surface area contributed by atoms with Gasteiger partial charge in [0.05, 0.1) is 23.3 Å². The molecular formula is C21H17N3O5. The summed E-state index contributed by atoms with van der Waals surface area (Å²) < 4.78 is 5.14. The lowest BCUT2D eigenvalue weighted by atomic mass is 10.1. The average Bonchev–Trinajstić information content (AvgIpc) is 2.74. The Bertz CT molecular complexity index is 1080. The number of nitro groups is 1. The van der Waals surface area contributed by atoms with E-state index in [-0.39, 0.29) is 22.5 Å². The first-order valence-corrected chi connectivity index (χ1v) is 8.58. The third-order valence-corrected chi connectivity index (χ3v) is 4.07. The van der Waals surface area contributed by atoms with Crippen molar-refractivity contribution in [2.75, 3.05) is 17.7 Å². The van der Waals surface area contributed by atoms with Crippen molar-refractivity contribution in [2.24, 2.45) is 0 Å². The van der Waals surface area contributed by atoms with E-state index in [1.165, 1.54) is 31.4 Å². The number of nitro benzene ring substituents is 1. The zero-order valence-electron chi connectivity index (χ0n) is 15.4. The summed E-state index contributed by atoms with van der Waals surface area (Å²) in [6, 6.07) is 18.7. The van der Waals surface area contributed by atoms with Crippen molar-refractivity contribution in [2.45, 2.75) is 0 Å². The van der Waals surface area contributed by atoms with Gasteiger partial charge in [0.2, 0.25) is 0 Å². The molecule has 146 valence electrons. The Kier molecular flexibility index (Phi) is 5.84. The Balaban J connectivity index is 1.81. The number of nitrogens with zero attached hydrogens (tertiary/aromatic N) is 1. The van der Waals surface area contributed by atoms with E-state index >= 15 is 0 Å². The van der Waals surface area contributed by atoms with Gasteiger partial charge < -0.3 is 15.4 Å². The lowest BCUT2D eigenvalue weighted by molar-refractivity contribution is -0.384. The van der Waals surface area contributed by atoms with E-state index in [1.807, 2.05) is 0 Å². The van der Waals surface area contributed by atoms with Crippen molar-refractivity contribution in [1.82, 2.24) is 0 Å². The van der Waals surface area contributed by atoms with Crippen LogP contribution in [-0.2, 0) is 0 Å². The minimum absolute atomic E-state index is 0.113. The molecule has 0 atom stereocenters. The number of carbonyl (C=O) groups is 2. The van der Waals surface area contributed by atoms with E-state index in [0.717, 1.165) is 0 Å². The van der Waals surface area contributed by atoms with Gasteiger partial charge in [-0.2, -0.15) is 0 Å². The molecule has 0 saturated heterocycles. The van der Waals surface area contributed by atoms with Crippen LogP contribution in [0.3, 0.4) is 0 Å². The molecule has 3 aromatic rings. The maximum absolute atomic E-state index is 12.7. The molecule has 0 saturated carbocycles. The SMILES string of the molecule is COc1cccc(NC(=O)c2ccccc2NC(=O)c2cccc([N+](=O)[O-])c2)c1. The summed E-state index contributed by atoms with van der Waals surface area (Å²) in [5, 5.41) is 16.3. The summed E-state index contributed by atoms with van der Waals surface area (Å²) in [5.41, 5.74) is 0.983. The predicted molar refractivity (Wildman–Crippen MR) is 108 cm³/mol. The molecule has 2 N–H and O–H groups in total. The number of para-hydroxylation sites is 1. The summed E-state index contributed by atoms with van der Waals surface area (Å²) in [7, 11) is 1.53. The number of hydrogen-bond acceptors (Lipinski definition) is 5. The summed E-state index contributed by atoms with van der Waals surface area (Å²) in [4.78, 5) is 35.6. The second-order valence-electron chi connectivity index (χ2n) is 5.99. The molecule has 0 aliphatic heterocycles. The fourth-order valence-corrected chi connectivity index (χ4v) is 2.64. The van der Waals surface area contributed by atoms with Crippen LogP contribution in [0.4, 0.5) is 17.1 Å². The van der Waals surface area contributed by atoms with Crippen LogP contribution in [0, 0.1) is 10.1 Å². The second-order valence-corrected chi connectivity index (χ2v) is 5.99. The van der Waals surface area contributed by atoms with Crippen molar-refractivity contribution < 1.29 is 19.2 Å². The van der Waals surface area contributed by atoms with Gasteiger partial charge in [0.25, 0.3) is 17.5 Å². The standard InChI is InChI=1S/C21H17N3O5/c1-29-17-9-5-7-15(13-17)22-21(26)18-10-2-3-11-19(18)23-20(25)14-6-4-8-16(12-14)24(27)28/h2-13H,1H3,(H,22,26)(H,23,25). The van der Waals surface area contributed by atoms with E-state index in [2.05, 4.69) is 10.6 Å². The molecule has 0 aliphatic rings. The van der Waals surface area contributed by atoms with Gasteiger partial charge in [-0.05, 0) is 30.3 Å². The number of methoxy groups -OCH3 is 1. The van der Waals surface area contributed by atoms with Crippen LogP contribution in [0.2, 0.25) is 0 Å². The van der Waals surface area contributed by atoms with E-state index < -0.39 is 16.7 Å². The molecule has 0 aromatic heterocycles. The van der Waals surface area contributed by atoms with Crippen LogP contribution >= 0.6 is 0 Å². The number of benzene rings is 3. The van der Waals surface area contributed by atoms with Crippen LogP contribution in [-0.4, -0.2) is 23.8 Å². The molecule has 2 amide bonds. The number of carbonyl (C=O) groups excluding carboxylic acids is 2. The van der Waals surface area contributed by atoms with E-state index in [0.29, 0.717) is 11.4 Å². The van der Waals surface area contributed by atoms with E-state index in [1.54, 1.807) is 48.5 Å². The summed E-state index contributed by atoms with van der Waals surface area (Å²) in [6.45, 7) is 0. The summed E-state index contributed by atoms with van der Waals surface area (Å²) >= 11 is 0. The predicted octanol–water partition coefficient (Wildman–Crippen LogP) is 4.11. The first-order valence-electron chi connectivity index (χ1n) is 8.58. The van der Waals surface area contributed by atoms with Crippen molar-refractivity contribution in [3.05, 3.63) is 94.0 Å². The van der Waals surface area contributed by atoms with Crippen molar-refractivity contribution in [1.29, 1.82) is 0 Å². The highest BCUT2D eigenvalue weighted by Gasteiger charge is 2.16. The number of non-ortho nitro benzene ring substituents is 1. The van der Waals surface area contributed by atoms with Gasteiger partial charge in [-0.3, -0.25) is 19.7 Å². The fraction of sp³-hybridized carbons (Fsp3) is 0.0476. The van der Waals surface area contributed by atoms with Gasteiger partial charge in [-0.25, -0.2) is 0 Å². The summed E-state index contributed by atoms with van der Waals surface area (Å²) in [5.74, 6) is -0.390. The molecule has 3 rings (SSSR count). The second kappa shape index (κ2) is 8.66. The number of hydrogen-bond donors (Lipinski definition) is 2. The molecule has 8 nitrogen and oxygen atoms in total. The summed E-state index contributed by atoms with van der Waals surface area (Å²) in [6.07, 6.45) is 0. The van der Waals surface area contributed by atoms with Gasteiger partial charge in [0, 0.05) is 29.4 Å². The fourth-order valence-electron chi connectivity index (χ4n) is 2.64. The number of rotatable bonds is 6. The number of nitrogens with one attached hydrogen (secondary N) is 2. The maximum Gasteiger partial charge on any atom is 0.270 e.